The van der Waals surface area contributed by atoms with E-state index in [1.165, 1.54) is 11.3 Å². The van der Waals surface area contributed by atoms with E-state index < -0.39 is 0 Å². The number of benzene rings is 2. The van der Waals surface area contributed by atoms with Crippen molar-refractivity contribution in [1.82, 2.24) is 20.1 Å². The van der Waals surface area contributed by atoms with Gasteiger partial charge in [0.2, 0.25) is 11.8 Å². The smallest absolute Gasteiger partial charge is 0.257 e. The maximum Gasteiger partial charge on any atom is 0.257 e. The Morgan fingerprint density at radius 1 is 1.06 bits per heavy atom. The summed E-state index contributed by atoms with van der Waals surface area (Å²) in [5.41, 5.74) is 4.20. The zero-order valence-electron chi connectivity index (χ0n) is 18.2. The monoisotopic (exact) mass is 461 g/mol. The van der Waals surface area contributed by atoms with Crippen molar-refractivity contribution in [2.75, 3.05) is 31.6 Å². The number of carbonyl (C=O) groups excluding carboxylic acids is 1. The molecule has 9 heteroatoms. The van der Waals surface area contributed by atoms with Gasteiger partial charge in [0.15, 0.2) is 5.13 Å². The molecule has 1 aliphatic heterocycles. The first kappa shape index (κ1) is 21.4. The molecule has 8 nitrogen and oxygen atoms in total. The van der Waals surface area contributed by atoms with E-state index in [1.54, 1.807) is 24.3 Å². The lowest BCUT2D eigenvalue weighted by atomic mass is 10.1. The van der Waals surface area contributed by atoms with E-state index in [1.807, 2.05) is 36.6 Å². The summed E-state index contributed by atoms with van der Waals surface area (Å²) in [6, 6.07) is 14.9. The van der Waals surface area contributed by atoms with Gasteiger partial charge < -0.3 is 9.15 Å². The lowest BCUT2D eigenvalue weighted by Crippen LogP contribution is -2.35. The molecule has 0 bridgehead atoms. The summed E-state index contributed by atoms with van der Waals surface area (Å²) in [6.45, 7) is 6.07. The van der Waals surface area contributed by atoms with Crippen LogP contribution in [0.25, 0.3) is 22.9 Å². The number of rotatable bonds is 6. The molecule has 1 fully saturated rings. The van der Waals surface area contributed by atoms with E-state index in [9.17, 15) is 4.79 Å². The van der Waals surface area contributed by atoms with E-state index in [4.69, 9.17) is 9.15 Å². The van der Waals surface area contributed by atoms with Crippen LogP contribution in [0.4, 0.5) is 5.13 Å². The minimum Gasteiger partial charge on any atom is -0.416 e. The van der Waals surface area contributed by atoms with Crippen molar-refractivity contribution < 1.29 is 13.9 Å². The van der Waals surface area contributed by atoms with Crippen LogP contribution < -0.4 is 5.32 Å². The normalized spacial score (nSPS) is 14.3. The van der Waals surface area contributed by atoms with E-state index in [0.717, 1.165) is 55.2 Å². The van der Waals surface area contributed by atoms with Gasteiger partial charge >= 0.3 is 0 Å². The Hall–Kier alpha value is -3.40. The zero-order chi connectivity index (χ0) is 22.6. The van der Waals surface area contributed by atoms with Crippen molar-refractivity contribution in [3.8, 4) is 22.9 Å². The number of amides is 1. The van der Waals surface area contributed by atoms with Gasteiger partial charge in [-0.05, 0) is 42.8 Å². The molecular formula is C24H23N5O3S. The number of hydrogen-bond donors (Lipinski definition) is 1. The second-order valence-corrected chi connectivity index (χ2v) is 8.65. The molecule has 2 aromatic carbocycles. The van der Waals surface area contributed by atoms with Gasteiger partial charge in [-0.1, -0.05) is 18.2 Å². The third-order valence-corrected chi connectivity index (χ3v) is 6.26. The Labute approximate surface area is 195 Å². The molecule has 1 aliphatic rings. The van der Waals surface area contributed by atoms with Crippen LogP contribution in [0.5, 0.6) is 0 Å². The third kappa shape index (κ3) is 5.00. The Morgan fingerprint density at radius 3 is 2.61 bits per heavy atom. The number of nitrogens with zero attached hydrogens (tertiary/aromatic N) is 4. The Bertz CT molecular complexity index is 1240. The Kier molecular flexibility index (Phi) is 6.25. The van der Waals surface area contributed by atoms with E-state index in [2.05, 4.69) is 25.4 Å². The predicted octanol–water partition coefficient (Wildman–Crippen LogP) is 4.25. The maximum absolute atomic E-state index is 12.7. The van der Waals surface area contributed by atoms with E-state index in [-0.39, 0.29) is 5.91 Å². The van der Waals surface area contributed by atoms with Crippen molar-refractivity contribution in [2.24, 2.45) is 0 Å². The number of nitrogens with one attached hydrogen (secondary N) is 1. The van der Waals surface area contributed by atoms with Gasteiger partial charge in [0, 0.05) is 41.7 Å². The van der Waals surface area contributed by atoms with E-state index in [0.29, 0.717) is 22.5 Å². The molecule has 0 spiro atoms. The number of aromatic nitrogens is 3. The molecule has 4 aromatic rings. The molecule has 0 saturated carbocycles. The highest BCUT2D eigenvalue weighted by molar-refractivity contribution is 7.14. The fraction of sp³-hybridized carbons (Fsp3) is 0.250. The van der Waals surface area contributed by atoms with Crippen LogP contribution in [0.2, 0.25) is 0 Å². The molecule has 0 aliphatic carbocycles. The van der Waals surface area contributed by atoms with Crippen molar-refractivity contribution >= 4 is 22.4 Å². The highest BCUT2D eigenvalue weighted by Gasteiger charge is 2.15. The third-order valence-electron chi connectivity index (χ3n) is 5.46. The summed E-state index contributed by atoms with van der Waals surface area (Å²) >= 11 is 1.43. The number of ether oxygens (including phenoxy) is 1. The molecule has 1 amide bonds. The first-order valence-electron chi connectivity index (χ1n) is 10.7. The number of aryl methyl sites for hydroxylation is 1. The molecule has 0 atom stereocenters. The maximum atomic E-state index is 12.7. The number of carbonyl (C=O) groups is 1. The minimum absolute atomic E-state index is 0.208. The molecule has 3 heterocycles. The first-order chi connectivity index (χ1) is 16.2. The van der Waals surface area contributed by atoms with Gasteiger partial charge in [-0.3, -0.25) is 15.0 Å². The molecule has 0 radical (unpaired) electrons. The van der Waals surface area contributed by atoms with Crippen LogP contribution >= 0.6 is 11.3 Å². The van der Waals surface area contributed by atoms with Gasteiger partial charge in [0.25, 0.3) is 5.91 Å². The summed E-state index contributed by atoms with van der Waals surface area (Å²) in [5.74, 6) is 0.675. The molecule has 33 heavy (non-hydrogen) atoms. The lowest BCUT2D eigenvalue weighted by molar-refractivity contribution is 0.0337. The van der Waals surface area contributed by atoms with Crippen molar-refractivity contribution in [2.45, 2.75) is 13.5 Å². The fourth-order valence-corrected chi connectivity index (χ4v) is 4.32. The fourth-order valence-electron chi connectivity index (χ4n) is 3.62. The molecule has 1 N–H and O–H groups in total. The van der Waals surface area contributed by atoms with Crippen LogP contribution in [-0.4, -0.2) is 52.3 Å². The van der Waals surface area contributed by atoms with Gasteiger partial charge in [-0.15, -0.1) is 21.5 Å². The highest BCUT2D eigenvalue weighted by atomic mass is 32.1. The van der Waals surface area contributed by atoms with Gasteiger partial charge in [0.1, 0.15) is 0 Å². The minimum atomic E-state index is -0.208. The summed E-state index contributed by atoms with van der Waals surface area (Å²) < 4.78 is 11.2. The second-order valence-electron chi connectivity index (χ2n) is 7.79. The van der Waals surface area contributed by atoms with E-state index >= 15 is 0 Å². The Balaban J connectivity index is 1.23. The first-order valence-corrected chi connectivity index (χ1v) is 11.6. The zero-order valence-corrected chi connectivity index (χ0v) is 19.0. The molecule has 5 rings (SSSR count). The van der Waals surface area contributed by atoms with Crippen LogP contribution in [0, 0.1) is 6.92 Å². The largest absolute Gasteiger partial charge is 0.416 e. The quantitative estimate of drug-likeness (QED) is 0.459. The van der Waals surface area contributed by atoms with Crippen molar-refractivity contribution in [1.29, 1.82) is 0 Å². The van der Waals surface area contributed by atoms with Crippen LogP contribution in [0.1, 0.15) is 21.6 Å². The lowest BCUT2D eigenvalue weighted by Gasteiger charge is -2.25. The van der Waals surface area contributed by atoms with Crippen LogP contribution in [0.15, 0.2) is 58.3 Å². The summed E-state index contributed by atoms with van der Waals surface area (Å²) in [5, 5.41) is 13.8. The van der Waals surface area contributed by atoms with Crippen molar-refractivity contribution in [3.05, 3.63) is 70.7 Å². The highest BCUT2D eigenvalue weighted by Crippen LogP contribution is 2.26. The average molecular weight is 462 g/mol. The Morgan fingerprint density at radius 2 is 1.82 bits per heavy atom. The summed E-state index contributed by atoms with van der Waals surface area (Å²) in [6.07, 6.45) is 0. The SMILES string of the molecule is Cc1ccccc1-c1nnc(-c2ccc(C(=O)Nc3nc(CN4CCOCC4)cs3)cc2)o1. The second kappa shape index (κ2) is 9.62. The molecule has 0 unspecified atom stereocenters. The summed E-state index contributed by atoms with van der Waals surface area (Å²) in [7, 11) is 0. The predicted molar refractivity (Wildman–Crippen MR) is 126 cm³/mol. The average Bonchev–Trinajstić information content (AvgIpc) is 3.50. The standard InChI is InChI=1S/C24H23N5O3S/c1-16-4-2-3-5-20(16)23-28-27-22(32-23)18-8-6-17(7-9-18)21(30)26-24-25-19(15-33-24)14-29-10-12-31-13-11-29/h2-9,15H,10-14H2,1H3,(H,25,26,30). The molecular weight excluding hydrogens is 438 g/mol. The molecule has 1 saturated heterocycles. The number of thiazole rings is 1. The molecule has 168 valence electrons. The molecule has 2 aromatic heterocycles. The van der Waals surface area contributed by atoms with Crippen LogP contribution in [0.3, 0.4) is 0 Å². The van der Waals surface area contributed by atoms with Crippen molar-refractivity contribution in [3.63, 3.8) is 0 Å². The van der Waals surface area contributed by atoms with Gasteiger partial charge in [0.05, 0.1) is 18.9 Å². The van der Waals surface area contributed by atoms with Crippen LogP contribution in [-0.2, 0) is 11.3 Å². The summed E-state index contributed by atoms with van der Waals surface area (Å²) in [4.78, 5) is 19.5. The van der Waals surface area contributed by atoms with Gasteiger partial charge in [-0.2, -0.15) is 0 Å². The topological polar surface area (TPSA) is 93.4 Å². The van der Waals surface area contributed by atoms with Gasteiger partial charge in [-0.25, -0.2) is 4.98 Å². The number of morpholine rings is 1. The number of hydrogen-bond acceptors (Lipinski definition) is 8. The number of anilines is 1.